The molecule has 0 atom stereocenters. The lowest BCUT2D eigenvalue weighted by Crippen LogP contribution is -2.41. The monoisotopic (exact) mass is 425 g/mol. The molecule has 4 rings (SSSR count). The van der Waals surface area contributed by atoms with Gasteiger partial charge in [0.25, 0.3) is 11.8 Å². The summed E-state index contributed by atoms with van der Waals surface area (Å²) in [5.74, 6) is -0.857. The smallest absolute Gasteiger partial charge is 0.273 e. The van der Waals surface area contributed by atoms with Crippen molar-refractivity contribution in [1.82, 2.24) is 20.6 Å². The van der Waals surface area contributed by atoms with Gasteiger partial charge in [-0.15, -0.1) is 0 Å². The Hall–Kier alpha value is -4.39. The molecule has 2 amide bonds. The van der Waals surface area contributed by atoms with Crippen LogP contribution in [0.25, 0.3) is 16.9 Å². The van der Waals surface area contributed by atoms with Crippen LogP contribution in [0.5, 0.6) is 0 Å². The number of carbonyl (C=O) groups excluding carboxylic acids is 2. The lowest BCUT2D eigenvalue weighted by molar-refractivity contribution is 0.0847. The Labute approximate surface area is 186 Å². The van der Waals surface area contributed by atoms with Crippen molar-refractivity contribution in [3.8, 4) is 16.9 Å². The quantitative estimate of drug-likeness (QED) is 0.478. The fourth-order valence-electron chi connectivity index (χ4n) is 3.23. The number of hydrogen-bond donors (Lipinski definition) is 2. The summed E-state index contributed by atoms with van der Waals surface area (Å²) in [5, 5.41) is 4.62. The maximum Gasteiger partial charge on any atom is 0.273 e. The number of amides is 2. The van der Waals surface area contributed by atoms with Crippen LogP contribution in [0.15, 0.2) is 91.1 Å². The fraction of sp³-hybridized carbons (Fsp3) is 0.0800. The molecule has 4 aromatic rings. The van der Waals surface area contributed by atoms with Crippen LogP contribution < -0.4 is 15.8 Å². The lowest BCUT2D eigenvalue weighted by Gasteiger charge is -2.13. The third kappa shape index (κ3) is 4.52. The molecule has 0 unspecified atom stereocenters. The second kappa shape index (κ2) is 9.18. The van der Waals surface area contributed by atoms with Gasteiger partial charge in [-0.05, 0) is 36.4 Å². The highest BCUT2D eigenvalue weighted by Crippen LogP contribution is 2.23. The predicted octanol–water partition coefficient (Wildman–Crippen LogP) is 3.68. The first kappa shape index (κ1) is 20.9. The number of rotatable bonds is 5. The number of benzene rings is 3. The largest absolute Gasteiger partial charge is 0.378 e. The van der Waals surface area contributed by atoms with Crippen LogP contribution in [-0.4, -0.2) is 35.7 Å². The third-order valence-corrected chi connectivity index (χ3v) is 4.96. The van der Waals surface area contributed by atoms with E-state index in [-0.39, 0.29) is 0 Å². The maximum atomic E-state index is 13.0. The molecule has 0 fully saturated rings. The van der Waals surface area contributed by atoms with E-state index in [0.29, 0.717) is 16.8 Å². The molecule has 0 saturated heterocycles. The second-order valence-corrected chi connectivity index (χ2v) is 7.39. The summed E-state index contributed by atoms with van der Waals surface area (Å²) in [6.45, 7) is 0. The van der Waals surface area contributed by atoms with Crippen molar-refractivity contribution in [1.29, 1.82) is 0 Å². The van der Waals surface area contributed by atoms with E-state index in [1.54, 1.807) is 23.0 Å². The van der Waals surface area contributed by atoms with Gasteiger partial charge >= 0.3 is 0 Å². The predicted molar refractivity (Wildman–Crippen MR) is 125 cm³/mol. The molecule has 0 radical (unpaired) electrons. The van der Waals surface area contributed by atoms with Crippen LogP contribution in [-0.2, 0) is 0 Å². The van der Waals surface area contributed by atoms with Crippen LogP contribution in [0.1, 0.15) is 20.7 Å². The first-order valence-electron chi connectivity index (χ1n) is 10.1. The average Bonchev–Trinajstić information content (AvgIpc) is 3.29. The van der Waals surface area contributed by atoms with Gasteiger partial charge in [-0.3, -0.25) is 20.4 Å². The van der Waals surface area contributed by atoms with Crippen LogP contribution >= 0.6 is 0 Å². The van der Waals surface area contributed by atoms with Gasteiger partial charge in [0.2, 0.25) is 0 Å². The highest BCUT2D eigenvalue weighted by Gasteiger charge is 2.19. The molecule has 32 heavy (non-hydrogen) atoms. The summed E-state index contributed by atoms with van der Waals surface area (Å²) in [6, 6.07) is 26.1. The molecule has 0 spiro atoms. The topological polar surface area (TPSA) is 79.3 Å². The number of aromatic nitrogens is 2. The van der Waals surface area contributed by atoms with Crippen molar-refractivity contribution in [2.45, 2.75) is 0 Å². The summed E-state index contributed by atoms with van der Waals surface area (Å²) in [4.78, 5) is 27.4. The molecule has 2 N–H and O–H groups in total. The van der Waals surface area contributed by atoms with Crippen molar-refractivity contribution in [3.63, 3.8) is 0 Å². The number of hydrogen-bond acceptors (Lipinski definition) is 4. The molecule has 0 saturated carbocycles. The zero-order valence-electron chi connectivity index (χ0n) is 17.8. The molecule has 0 aliphatic carbocycles. The number of nitrogens with one attached hydrogen (secondary N) is 2. The standard InChI is InChI=1S/C25H23N5O2/c1-29(2)20-15-13-19(14-16-20)24(31)26-27-25(32)22-17-30(21-11-7-4-8-12-21)28-23(22)18-9-5-3-6-10-18/h3-17H,1-2H3,(H,26,31)(H,27,32). The van der Waals surface area contributed by atoms with Gasteiger partial charge in [0.05, 0.1) is 11.3 Å². The first-order valence-corrected chi connectivity index (χ1v) is 10.1. The molecular weight excluding hydrogens is 402 g/mol. The number of carbonyl (C=O) groups is 2. The van der Waals surface area contributed by atoms with Crippen molar-refractivity contribution >= 4 is 17.5 Å². The molecule has 1 heterocycles. The second-order valence-electron chi connectivity index (χ2n) is 7.39. The van der Waals surface area contributed by atoms with Crippen LogP contribution in [0.4, 0.5) is 5.69 Å². The summed E-state index contributed by atoms with van der Waals surface area (Å²) in [5.41, 5.74) is 8.92. The van der Waals surface area contributed by atoms with Crippen LogP contribution in [0.2, 0.25) is 0 Å². The van der Waals surface area contributed by atoms with Gasteiger partial charge in [-0.2, -0.15) is 5.10 Å². The summed E-state index contributed by atoms with van der Waals surface area (Å²) in [6.07, 6.45) is 1.66. The Morgan fingerprint density at radius 3 is 2.00 bits per heavy atom. The van der Waals surface area contributed by atoms with Gasteiger partial charge in [0.15, 0.2) is 0 Å². The summed E-state index contributed by atoms with van der Waals surface area (Å²) in [7, 11) is 3.85. The minimum Gasteiger partial charge on any atom is -0.378 e. The van der Waals surface area contributed by atoms with Crippen LogP contribution in [0, 0.1) is 0 Å². The van der Waals surface area contributed by atoms with E-state index >= 15 is 0 Å². The molecule has 160 valence electrons. The van der Waals surface area contributed by atoms with Crippen LogP contribution in [0.3, 0.4) is 0 Å². The van der Waals surface area contributed by atoms with Gasteiger partial charge in [0.1, 0.15) is 5.69 Å². The Morgan fingerprint density at radius 1 is 0.781 bits per heavy atom. The molecule has 1 aromatic heterocycles. The highest BCUT2D eigenvalue weighted by atomic mass is 16.2. The first-order chi connectivity index (χ1) is 15.5. The van der Waals surface area contributed by atoms with Gasteiger partial charge in [-0.1, -0.05) is 48.5 Å². The molecule has 7 heteroatoms. The fourth-order valence-corrected chi connectivity index (χ4v) is 3.23. The number of nitrogens with zero attached hydrogens (tertiary/aromatic N) is 3. The molecule has 0 aliphatic heterocycles. The maximum absolute atomic E-state index is 13.0. The molecule has 0 bridgehead atoms. The van der Waals surface area contributed by atoms with E-state index in [1.807, 2.05) is 91.8 Å². The minimum absolute atomic E-state index is 0.350. The number of para-hydroxylation sites is 1. The minimum atomic E-state index is -0.454. The van der Waals surface area contributed by atoms with E-state index in [9.17, 15) is 9.59 Å². The third-order valence-electron chi connectivity index (χ3n) is 4.96. The Morgan fingerprint density at radius 2 is 1.38 bits per heavy atom. The zero-order valence-corrected chi connectivity index (χ0v) is 17.8. The van der Waals surface area contributed by atoms with E-state index in [0.717, 1.165) is 16.9 Å². The van der Waals surface area contributed by atoms with Gasteiger partial charge < -0.3 is 4.90 Å². The lowest BCUT2D eigenvalue weighted by atomic mass is 10.1. The Bertz CT molecular complexity index is 1220. The van der Waals surface area contributed by atoms with Gasteiger partial charge in [0, 0.05) is 37.1 Å². The molecular formula is C25H23N5O2. The van der Waals surface area contributed by atoms with Gasteiger partial charge in [-0.25, -0.2) is 4.68 Å². The van der Waals surface area contributed by atoms with Crippen molar-refractivity contribution in [3.05, 3.63) is 102 Å². The Balaban J connectivity index is 1.56. The average molecular weight is 425 g/mol. The zero-order chi connectivity index (χ0) is 22.5. The van der Waals surface area contributed by atoms with Crippen molar-refractivity contribution in [2.75, 3.05) is 19.0 Å². The molecule has 3 aromatic carbocycles. The van der Waals surface area contributed by atoms with E-state index in [4.69, 9.17) is 0 Å². The van der Waals surface area contributed by atoms with Crippen molar-refractivity contribution < 1.29 is 9.59 Å². The number of hydrazine groups is 1. The molecule has 7 nitrogen and oxygen atoms in total. The SMILES string of the molecule is CN(C)c1ccc(C(=O)NNC(=O)c2cn(-c3ccccc3)nc2-c2ccccc2)cc1. The molecule has 0 aliphatic rings. The van der Waals surface area contributed by atoms with E-state index < -0.39 is 11.8 Å². The van der Waals surface area contributed by atoms with E-state index in [1.165, 1.54) is 0 Å². The highest BCUT2D eigenvalue weighted by molar-refractivity contribution is 6.02. The summed E-state index contributed by atoms with van der Waals surface area (Å²) >= 11 is 0. The Kier molecular flexibility index (Phi) is 5.98. The normalized spacial score (nSPS) is 10.4. The van der Waals surface area contributed by atoms with Crippen molar-refractivity contribution in [2.24, 2.45) is 0 Å². The summed E-state index contributed by atoms with van der Waals surface area (Å²) < 4.78 is 1.65. The number of anilines is 1. The van der Waals surface area contributed by atoms with E-state index in [2.05, 4.69) is 16.0 Å².